The molecule has 1 aromatic heterocycles. The summed E-state index contributed by atoms with van der Waals surface area (Å²) in [6.07, 6.45) is 2.12. The third-order valence-electron chi connectivity index (χ3n) is 5.51. The van der Waals surface area contributed by atoms with Crippen molar-refractivity contribution in [2.24, 2.45) is 7.05 Å². The lowest BCUT2D eigenvalue weighted by molar-refractivity contribution is -0.660. The van der Waals surface area contributed by atoms with E-state index in [0.29, 0.717) is 0 Å². The van der Waals surface area contributed by atoms with Crippen LogP contribution in [0.1, 0.15) is 36.1 Å². The highest BCUT2D eigenvalue weighted by atomic mass is 14.9. The Labute approximate surface area is 144 Å². The number of rotatable bonds is 1. The minimum absolute atomic E-state index is 0.0481. The van der Waals surface area contributed by atoms with Gasteiger partial charge in [0.1, 0.15) is 7.05 Å². The van der Waals surface area contributed by atoms with Crippen molar-refractivity contribution in [1.82, 2.24) is 0 Å². The maximum Gasteiger partial charge on any atom is 0.212 e. The summed E-state index contributed by atoms with van der Waals surface area (Å²) in [5.74, 6) is 0. The Morgan fingerprint density at radius 1 is 0.792 bits per heavy atom. The normalized spacial score (nSPS) is 14.4. The second-order valence-corrected chi connectivity index (χ2v) is 7.58. The maximum atomic E-state index is 2.41. The van der Waals surface area contributed by atoms with E-state index in [1.165, 1.54) is 44.6 Å². The lowest BCUT2D eigenvalue weighted by Crippen LogP contribution is -2.30. The molecule has 0 spiro atoms. The van der Waals surface area contributed by atoms with Gasteiger partial charge in [0.05, 0.1) is 0 Å². The third-order valence-corrected chi connectivity index (χ3v) is 5.51. The number of fused-ring (bicyclic) bond motifs is 3. The fourth-order valence-corrected chi connectivity index (χ4v) is 4.08. The van der Waals surface area contributed by atoms with Crippen molar-refractivity contribution in [3.63, 3.8) is 0 Å². The summed E-state index contributed by atoms with van der Waals surface area (Å²) in [5, 5.41) is 0. The average molecular weight is 314 g/mol. The molecule has 2 aromatic carbocycles. The molecule has 0 saturated carbocycles. The van der Waals surface area contributed by atoms with E-state index in [4.69, 9.17) is 0 Å². The molecule has 1 heterocycles. The van der Waals surface area contributed by atoms with E-state index in [1.807, 2.05) is 0 Å². The van der Waals surface area contributed by atoms with Crippen LogP contribution in [0.15, 0.2) is 54.7 Å². The highest BCUT2D eigenvalue weighted by molar-refractivity contribution is 5.84. The van der Waals surface area contributed by atoms with Crippen molar-refractivity contribution in [1.29, 1.82) is 0 Å². The van der Waals surface area contributed by atoms with E-state index < -0.39 is 0 Å². The van der Waals surface area contributed by atoms with E-state index in [-0.39, 0.29) is 5.41 Å². The van der Waals surface area contributed by atoms with Crippen molar-refractivity contribution in [3.05, 3.63) is 77.0 Å². The summed E-state index contributed by atoms with van der Waals surface area (Å²) in [7, 11) is 2.12. The Morgan fingerprint density at radius 3 is 2.29 bits per heavy atom. The first kappa shape index (κ1) is 15.1. The predicted octanol–water partition coefficient (Wildman–Crippen LogP) is 5.10. The molecule has 4 rings (SSSR count). The molecule has 0 fully saturated rings. The van der Waals surface area contributed by atoms with E-state index in [1.54, 1.807) is 0 Å². The SMILES string of the molecule is Cc1ccc2c(c1)C(C)(C)c1cc(-c3cccc[n+]3C)c(C)cc1-2. The number of hydrogen-bond acceptors (Lipinski definition) is 0. The number of aryl methyl sites for hydroxylation is 3. The van der Waals surface area contributed by atoms with Gasteiger partial charge in [0.25, 0.3) is 0 Å². The van der Waals surface area contributed by atoms with Gasteiger partial charge in [0, 0.05) is 23.1 Å². The van der Waals surface area contributed by atoms with Crippen LogP contribution < -0.4 is 4.57 Å². The molecule has 3 aromatic rings. The fraction of sp³-hybridized carbons (Fsp3) is 0.261. The molecule has 0 unspecified atom stereocenters. The van der Waals surface area contributed by atoms with Crippen LogP contribution in [0.25, 0.3) is 22.4 Å². The topological polar surface area (TPSA) is 3.88 Å². The third kappa shape index (κ3) is 2.04. The Hall–Kier alpha value is -2.41. The molecule has 0 saturated heterocycles. The van der Waals surface area contributed by atoms with Gasteiger partial charge in [-0.15, -0.1) is 0 Å². The summed E-state index contributed by atoms with van der Waals surface area (Å²) in [6, 6.07) is 18.1. The minimum atomic E-state index is 0.0481. The van der Waals surface area contributed by atoms with Gasteiger partial charge in [0.2, 0.25) is 5.69 Å². The van der Waals surface area contributed by atoms with Gasteiger partial charge in [-0.1, -0.05) is 43.7 Å². The van der Waals surface area contributed by atoms with E-state index in [2.05, 4.69) is 94.0 Å². The first-order chi connectivity index (χ1) is 11.4. The van der Waals surface area contributed by atoms with Crippen molar-refractivity contribution >= 4 is 0 Å². The molecular formula is C23H24N+. The molecule has 0 bridgehead atoms. The zero-order valence-electron chi connectivity index (χ0n) is 15.1. The number of benzene rings is 2. The average Bonchev–Trinajstić information content (AvgIpc) is 2.75. The smallest absolute Gasteiger partial charge is 0.201 e. The number of nitrogens with zero attached hydrogens (tertiary/aromatic N) is 1. The van der Waals surface area contributed by atoms with Crippen LogP contribution in [0.5, 0.6) is 0 Å². The van der Waals surface area contributed by atoms with Gasteiger partial charge in [-0.25, -0.2) is 4.57 Å². The molecule has 1 aliphatic carbocycles. The molecule has 0 radical (unpaired) electrons. The molecule has 0 aliphatic heterocycles. The van der Waals surface area contributed by atoms with Crippen LogP contribution in [0.4, 0.5) is 0 Å². The Bertz CT molecular complexity index is 964. The molecule has 1 heteroatoms. The molecule has 1 nitrogen and oxygen atoms in total. The van der Waals surface area contributed by atoms with E-state index >= 15 is 0 Å². The highest BCUT2D eigenvalue weighted by Gasteiger charge is 2.36. The zero-order chi connectivity index (χ0) is 17.1. The quantitative estimate of drug-likeness (QED) is 0.550. The number of aromatic nitrogens is 1. The van der Waals surface area contributed by atoms with Crippen LogP contribution in [0, 0.1) is 13.8 Å². The molecule has 0 N–H and O–H groups in total. The van der Waals surface area contributed by atoms with Gasteiger partial charge >= 0.3 is 0 Å². The maximum absolute atomic E-state index is 2.41. The molecular weight excluding hydrogens is 290 g/mol. The zero-order valence-corrected chi connectivity index (χ0v) is 15.1. The monoisotopic (exact) mass is 314 g/mol. The molecule has 120 valence electrons. The molecule has 0 amide bonds. The molecule has 1 aliphatic rings. The highest BCUT2D eigenvalue weighted by Crippen LogP contribution is 2.50. The second kappa shape index (κ2) is 5.04. The Balaban J connectivity index is 2.00. The fourth-order valence-electron chi connectivity index (χ4n) is 4.08. The first-order valence-corrected chi connectivity index (χ1v) is 8.61. The van der Waals surface area contributed by atoms with Crippen molar-refractivity contribution < 1.29 is 4.57 Å². The van der Waals surface area contributed by atoms with Crippen LogP contribution in [-0.2, 0) is 12.5 Å². The van der Waals surface area contributed by atoms with Crippen LogP contribution >= 0.6 is 0 Å². The van der Waals surface area contributed by atoms with Crippen molar-refractivity contribution in [2.45, 2.75) is 33.1 Å². The van der Waals surface area contributed by atoms with Crippen molar-refractivity contribution in [3.8, 4) is 22.4 Å². The van der Waals surface area contributed by atoms with Crippen molar-refractivity contribution in [2.75, 3.05) is 0 Å². The van der Waals surface area contributed by atoms with E-state index in [9.17, 15) is 0 Å². The largest absolute Gasteiger partial charge is 0.212 e. The van der Waals surface area contributed by atoms with Gasteiger partial charge in [-0.3, -0.25) is 0 Å². The first-order valence-electron chi connectivity index (χ1n) is 8.61. The molecule has 0 atom stereocenters. The predicted molar refractivity (Wildman–Crippen MR) is 100 cm³/mol. The van der Waals surface area contributed by atoms with Crippen LogP contribution in [0.3, 0.4) is 0 Å². The standard InChI is InChI=1S/C23H24N/c1-15-9-10-17-19-13-16(2)18(22-8-6-7-11-24(22)5)14-21(19)23(3,4)20(17)12-15/h6-14H,1-5H3/q+1. The summed E-state index contributed by atoms with van der Waals surface area (Å²) in [6.45, 7) is 9.10. The van der Waals surface area contributed by atoms with Gasteiger partial charge < -0.3 is 0 Å². The number of hydrogen-bond donors (Lipinski definition) is 0. The lowest BCUT2D eigenvalue weighted by Gasteiger charge is -2.22. The summed E-state index contributed by atoms with van der Waals surface area (Å²) in [4.78, 5) is 0. The molecule has 24 heavy (non-hydrogen) atoms. The minimum Gasteiger partial charge on any atom is -0.201 e. The summed E-state index contributed by atoms with van der Waals surface area (Å²) >= 11 is 0. The van der Waals surface area contributed by atoms with Gasteiger partial charge in [0.15, 0.2) is 6.20 Å². The van der Waals surface area contributed by atoms with Gasteiger partial charge in [-0.2, -0.15) is 0 Å². The lowest BCUT2D eigenvalue weighted by atomic mass is 9.81. The number of pyridine rings is 1. The van der Waals surface area contributed by atoms with Crippen LogP contribution in [-0.4, -0.2) is 0 Å². The summed E-state index contributed by atoms with van der Waals surface area (Å²) in [5.41, 5.74) is 11.0. The Kier molecular flexibility index (Phi) is 3.18. The Morgan fingerprint density at radius 2 is 1.54 bits per heavy atom. The summed E-state index contributed by atoms with van der Waals surface area (Å²) < 4.78 is 2.20. The van der Waals surface area contributed by atoms with E-state index in [0.717, 1.165) is 0 Å². The van der Waals surface area contributed by atoms with Gasteiger partial charge in [-0.05, 0) is 53.8 Å². The van der Waals surface area contributed by atoms with Crippen LogP contribution in [0.2, 0.25) is 0 Å². The second-order valence-electron chi connectivity index (χ2n) is 7.58.